The second-order valence-corrected chi connectivity index (χ2v) is 6.38. The maximum atomic E-state index is 12.6. The molecule has 7 heteroatoms. The predicted octanol–water partition coefficient (Wildman–Crippen LogP) is 3.56. The zero-order valence-corrected chi connectivity index (χ0v) is 16.3. The van der Waals surface area contributed by atoms with E-state index in [0.29, 0.717) is 22.9 Å². The van der Waals surface area contributed by atoms with Crippen molar-refractivity contribution in [2.75, 3.05) is 24.3 Å². The van der Waals surface area contributed by atoms with Gasteiger partial charge in [-0.3, -0.25) is 14.9 Å². The van der Waals surface area contributed by atoms with Gasteiger partial charge in [0.2, 0.25) is 11.8 Å². The van der Waals surface area contributed by atoms with Crippen molar-refractivity contribution in [3.05, 3.63) is 78.3 Å². The summed E-state index contributed by atoms with van der Waals surface area (Å²) >= 11 is 0. The highest BCUT2D eigenvalue weighted by atomic mass is 16.5. The molecule has 0 bridgehead atoms. The molecule has 0 aliphatic carbocycles. The second kappa shape index (κ2) is 9.57. The van der Waals surface area contributed by atoms with Crippen LogP contribution in [0.3, 0.4) is 0 Å². The molecule has 150 valence electrons. The van der Waals surface area contributed by atoms with Crippen molar-refractivity contribution in [3.8, 4) is 5.75 Å². The van der Waals surface area contributed by atoms with Crippen LogP contribution in [0, 0.1) is 0 Å². The summed E-state index contributed by atoms with van der Waals surface area (Å²) in [6.07, 6.45) is 1.60. The molecule has 3 aromatic rings. The van der Waals surface area contributed by atoms with Gasteiger partial charge in [0, 0.05) is 12.6 Å². The summed E-state index contributed by atoms with van der Waals surface area (Å²) in [6.45, 7) is 1.47. The van der Waals surface area contributed by atoms with E-state index in [1.165, 1.54) is 14.0 Å². The lowest BCUT2D eigenvalue weighted by Gasteiger charge is -2.18. The Hall–Kier alpha value is -3.58. The Balaban J connectivity index is 1.70. The second-order valence-electron chi connectivity index (χ2n) is 6.38. The molecule has 2 amide bonds. The highest BCUT2D eigenvalue weighted by Gasteiger charge is 2.18. The molecule has 0 fully saturated rings. The van der Waals surface area contributed by atoms with E-state index >= 15 is 0 Å². The molecular weight excluding hydrogens is 370 g/mol. The molecule has 3 rings (SSSR count). The number of carbonyl (C=O) groups excluding carboxylic acids is 2. The zero-order valence-electron chi connectivity index (χ0n) is 16.3. The largest absolute Gasteiger partial charge is 0.495 e. The highest BCUT2D eigenvalue weighted by molar-refractivity contribution is 5.95. The summed E-state index contributed by atoms with van der Waals surface area (Å²) in [6, 6.07) is 18.2. The van der Waals surface area contributed by atoms with Crippen molar-refractivity contribution in [1.82, 2.24) is 5.32 Å². The maximum absolute atomic E-state index is 12.6. The minimum atomic E-state index is -0.260. The lowest BCUT2D eigenvalue weighted by atomic mass is 10.0. The number of methoxy groups -OCH3 is 1. The van der Waals surface area contributed by atoms with Gasteiger partial charge in [-0.15, -0.1) is 0 Å². The molecule has 0 spiro atoms. The van der Waals surface area contributed by atoms with Gasteiger partial charge in [0.15, 0.2) is 0 Å². The van der Waals surface area contributed by atoms with Crippen molar-refractivity contribution >= 4 is 23.2 Å². The third kappa shape index (κ3) is 5.46. The summed E-state index contributed by atoms with van der Waals surface area (Å²) in [5.74, 6) is 0.765. The average Bonchev–Trinajstić information content (AvgIpc) is 3.23. The van der Waals surface area contributed by atoms with Crippen LogP contribution >= 0.6 is 0 Å². The Labute approximate surface area is 169 Å². The molecular formula is C22H23N3O4. The Kier molecular flexibility index (Phi) is 6.65. The Morgan fingerprint density at radius 1 is 1.03 bits per heavy atom. The van der Waals surface area contributed by atoms with Gasteiger partial charge in [0.05, 0.1) is 31.6 Å². The van der Waals surface area contributed by atoms with Gasteiger partial charge < -0.3 is 19.8 Å². The van der Waals surface area contributed by atoms with Crippen LogP contribution in [0.4, 0.5) is 11.4 Å². The van der Waals surface area contributed by atoms with Gasteiger partial charge >= 0.3 is 0 Å². The van der Waals surface area contributed by atoms with Crippen LogP contribution in [-0.4, -0.2) is 25.5 Å². The van der Waals surface area contributed by atoms with Gasteiger partial charge in [-0.05, 0) is 35.9 Å². The van der Waals surface area contributed by atoms with Gasteiger partial charge in [-0.25, -0.2) is 0 Å². The standard InChI is InChI=1S/C22H23N3O4/c1-15(26)24-17-10-11-19(28-2)18(13-17)25-21(27)14-23-22(20-9-6-12-29-20)16-7-4-3-5-8-16/h3-13,22-23H,14H2,1-2H3,(H,24,26)(H,25,27)/t22-/m0/s1. The quantitative estimate of drug-likeness (QED) is 0.544. The van der Waals surface area contributed by atoms with Crippen LogP contribution in [0.5, 0.6) is 5.75 Å². The van der Waals surface area contributed by atoms with Gasteiger partial charge in [-0.1, -0.05) is 30.3 Å². The van der Waals surface area contributed by atoms with Crippen LogP contribution in [0.15, 0.2) is 71.3 Å². The van der Waals surface area contributed by atoms with Gasteiger partial charge in [0.1, 0.15) is 11.5 Å². The van der Waals surface area contributed by atoms with Crippen LogP contribution in [0.1, 0.15) is 24.3 Å². The van der Waals surface area contributed by atoms with Crippen molar-refractivity contribution in [2.24, 2.45) is 0 Å². The molecule has 29 heavy (non-hydrogen) atoms. The van der Waals surface area contributed by atoms with Crippen LogP contribution in [0.25, 0.3) is 0 Å². The topological polar surface area (TPSA) is 92.6 Å². The van der Waals surface area contributed by atoms with E-state index in [1.54, 1.807) is 24.5 Å². The normalized spacial score (nSPS) is 11.5. The maximum Gasteiger partial charge on any atom is 0.238 e. The number of anilines is 2. The fourth-order valence-electron chi connectivity index (χ4n) is 2.96. The van der Waals surface area contributed by atoms with Crippen molar-refractivity contribution in [3.63, 3.8) is 0 Å². The number of hydrogen-bond acceptors (Lipinski definition) is 5. The Morgan fingerprint density at radius 2 is 1.83 bits per heavy atom. The molecule has 0 unspecified atom stereocenters. The molecule has 1 heterocycles. The number of hydrogen-bond donors (Lipinski definition) is 3. The van der Waals surface area contributed by atoms with Crippen molar-refractivity contribution in [2.45, 2.75) is 13.0 Å². The van der Waals surface area contributed by atoms with Gasteiger partial charge in [0.25, 0.3) is 0 Å². The first-order valence-corrected chi connectivity index (χ1v) is 9.14. The monoisotopic (exact) mass is 393 g/mol. The van der Waals surface area contributed by atoms with E-state index in [4.69, 9.17) is 9.15 Å². The third-order valence-electron chi connectivity index (χ3n) is 4.22. The first-order chi connectivity index (χ1) is 14.1. The minimum absolute atomic E-state index is 0.0494. The first-order valence-electron chi connectivity index (χ1n) is 9.14. The van der Waals surface area contributed by atoms with E-state index < -0.39 is 0 Å². The van der Waals surface area contributed by atoms with E-state index in [9.17, 15) is 9.59 Å². The number of benzene rings is 2. The first kappa shape index (κ1) is 20.2. The lowest BCUT2D eigenvalue weighted by molar-refractivity contribution is -0.115. The number of rotatable bonds is 8. The van der Waals surface area contributed by atoms with E-state index in [1.807, 2.05) is 42.5 Å². The zero-order chi connectivity index (χ0) is 20.6. The highest BCUT2D eigenvalue weighted by Crippen LogP contribution is 2.28. The summed E-state index contributed by atoms with van der Waals surface area (Å²) < 4.78 is 10.8. The van der Waals surface area contributed by atoms with Crippen LogP contribution < -0.4 is 20.7 Å². The molecule has 1 aromatic heterocycles. The number of furan rings is 1. The van der Waals surface area contributed by atoms with Crippen molar-refractivity contribution in [1.29, 1.82) is 0 Å². The van der Waals surface area contributed by atoms with Gasteiger partial charge in [-0.2, -0.15) is 0 Å². The van der Waals surface area contributed by atoms with E-state index in [2.05, 4.69) is 16.0 Å². The Morgan fingerprint density at radius 3 is 2.48 bits per heavy atom. The number of carbonyl (C=O) groups is 2. The lowest BCUT2D eigenvalue weighted by Crippen LogP contribution is -2.31. The molecule has 3 N–H and O–H groups in total. The summed E-state index contributed by atoms with van der Waals surface area (Å²) in [4.78, 5) is 23.8. The Bertz CT molecular complexity index is 955. The SMILES string of the molecule is COc1ccc(NC(C)=O)cc1NC(=O)CN[C@@H](c1ccccc1)c1ccco1. The molecule has 1 atom stereocenters. The summed E-state index contributed by atoms with van der Waals surface area (Å²) in [5, 5.41) is 8.73. The van der Waals surface area contributed by atoms with E-state index in [0.717, 1.165) is 5.56 Å². The molecule has 0 saturated carbocycles. The van der Waals surface area contributed by atoms with Crippen LogP contribution in [0.2, 0.25) is 0 Å². The molecule has 7 nitrogen and oxygen atoms in total. The summed E-state index contributed by atoms with van der Waals surface area (Å²) in [7, 11) is 1.52. The predicted molar refractivity (Wildman–Crippen MR) is 111 cm³/mol. The third-order valence-corrected chi connectivity index (χ3v) is 4.22. The molecule has 0 aliphatic heterocycles. The smallest absolute Gasteiger partial charge is 0.238 e. The molecule has 0 aliphatic rings. The fourth-order valence-corrected chi connectivity index (χ4v) is 2.96. The number of amides is 2. The molecule has 0 radical (unpaired) electrons. The average molecular weight is 393 g/mol. The minimum Gasteiger partial charge on any atom is -0.495 e. The summed E-state index contributed by atoms with van der Waals surface area (Å²) in [5.41, 5.74) is 2.03. The fraction of sp³-hybridized carbons (Fsp3) is 0.182. The van der Waals surface area contributed by atoms with Crippen LogP contribution in [-0.2, 0) is 9.59 Å². The van der Waals surface area contributed by atoms with E-state index in [-0.39, 0.29) is 24.4 Å². The molecule has 0 saturated heterocycles. The van der Waals surface area contributed by atoms with Crippen molar-refractivity contribution < 1.29 is 18.7 Å². The number of ether oxygens (including phenoxy) is 1. The molecule has 2 aromatic carbocycles. The number of nitrogens with one attached hydrogen (secondary N) is 3.